The molecule has 4 nitrogen and oxygen atoms in total. The van der Waals surface area contributed by atoms with Crippen molar-refractivity contribution in [3.8, 4) is 0 Å². The van der Waals surface area contributed by atoms with E-state index in [4.69, 9.17) is 0 Å². The highest BCUT2D eigenvalue weighted by Crippen LogP contribution is 2.18. The van der Waals surface area contributed by atoms with E-state index in [1.165, 1.54) is 0 Å². The van der Waals surface area contributed by atoms with Gasteiger partial charge in [0.25, 0.3) is 0 Å². The Labute approximate surface area is 85.6 Å². The van der Waals surface area contributed by atoms with Gasteiger partial charge in [-0.15, -0.1) is 0 Å². The van der Waals surface area contributed by atoms with E-state index < -0.39 is 10.0 Å². The van der Waals surface area contributed by atoms with Crippen LogP contribution in [0.1, 0.15) is 5.56 Å². The molecule has 0 aliphatic heterocycles. The summed E-state index contributed by atoms with van der Waals surface area (Å²) < 4.78 is 24.8. The van der Waals surface area contributed by atoms with E-state index in [0.717, 1.165) is 11.8 Å². The number of halogens is 1. The fourth-order valence-corrected chi connectivity index (χ4v) is 1.76. The molecule has 0 amide bonds. The summed E-state index contributed by atoms with van der Waals surface area (Å²) in [6.45, 7) is 1.78. The van der Waals surface area contributed by atoms with Gasteiger partial charge in [0.15, 0.2) is 0 Å². The summed E-state index contributed by atoms with van der Waals surface area (Å²) in [5.41, 5.74) is 1.33. The van der Waals surface area contributed by atoms with Crippen molar-refractivity contribution < 1.29 is 8.42 Å². The summed E-state index contributed by atoms with van der Waals surface area (Å²) in [5, 5.41) is 0. The third kappa shape index (κ3) is 3.31. The summed E-state index contributed by atoms with van der Waals surface area (Å²) in [5.74, 6) is 0. The molecular formula is C7H9BrN2O2S. The molecule has 1 heterocycles. The summed E-state index contributed by atoms with van der Waals surface area (Å²) in [7, 11) is -3.22. The second-order valence-corrected chi connectivity index (χ2v) is 5.26. The lowest BCUT2D eigenvalue weighted by molar-refractivity contribution is 0.606. The first-order valence-electron chi connectivity index (χ1n) is 3.48. The number of nitrogens with zero attached hydrogens (tertiary/aromatic N) is 1. The lowest BCUT2D eigenvalue weighted by Crippen LogP contribution is -2.10. The molecule has 1 aromatic heterocycles. The van der Waals surface area contributed by atoms with Crippen LogP contribution in [-0.4, -0.2) is 19.7 Å². The molecular weight excluding hydrogens is 256 g/mol. The van der Waals surface area contributed by atoms with Crippen LogP contribution >= 0.6 is 15.9 Å². The molecule has 1 aromatic rings. The zero-order valence-electron chi connectivity index (χ0n) is 7.20. The van der Waals surface area contributed by atoms with E-state index >= 15 is 0 Å². The van der Waals surface area contributed by atoms with Crippen LogP contribution in [0.2, 0.25) is 0 Å². The SMILES string of the molecule is Cc1cnc(Br)cc1NS(C)(=O)=O. The lowest BCUT2D eigenvalue weighted by atomic mass is 10.3. The van der Waals surface area contributed by atoms with Crippen LogP contribution in [0.4, 0.5) is 5.69 Å². The number of aromatic nitrogens is 1. The Balaban J connectivity index is 3.08. The molecule has 13 heavy (non-hydrogen) atoms. The maximum Gasteiger partial charge on any atom is 0.229 e. The van der Waals surface area contributed by atoms with E-state index in [2.05, 4.69) is 25.6 Å². The molecule has 0 unspecified atom stereocenters. The van der Waals surface area contributed by atoms with Gasteiger partial charge in [-0.25, -0.2) is 13.4 Å². The minimum Gasteiger partial charge on any atom is -0.283 e. The van der Waals surface area contributed by atoms with Crippen LogP contribution in [0.25, 0.3) is 0 Å². The minimum atomic E-state index is -3.22. The maximum absolute atomic E-state index is 10.9. The number of aryl methyl sites for hydroxylation is 1. The normalized spacial score (nSPS) is 11.3. The molecule has 1 N–H and O–H groups in total. The first kappa shape index (κ1) is 10.5. The Morgan fingerprint density at radius 1 is 1.54 bits per heavy atom. The maximum atomic E-state index is 10.9. The molecule has 0 fully saturated rings. The average molecular weight is 265 g/mol. The molecule has 0 aliphatic carbocycles. The molecule has 72 valence electrons. The second kappa shape index (κ2) is 3.63. The van der Waals surface area contributed by atoms with Crippen molar-refractivity contribution in [2.24, 2.45) is 0 Å². The van der Waals surface area contributed by atoms with E-state index in [-0.39, 0.29) is 0 Å². The van der Waals surface area contributed by atoms with Gasteiger partial charge in [-0.3, -0.25) is 4.72 Å². The van der Waals surface area contributed by atoms with Crippen LogP contribution < -0.4 is 4.72 Å². The van der Waals surface area contributed by atoms with Gasteiger partial charge in [-0.05, 0) is 34.5 Å². The Kier molecular flexibility index (Phi) is 2.92. The first-order valence-corrected chi connectivity index (χ1v) is 6.17. The lowest BCUT2D eigenvalue weighted by Gasteiger charge is -2.06. The quantitative estimate of drug-likeness (QED) is 0.825. The molecule has 0 radical (unpaired) electrons. The summed E-state index contributed by atoms with van der Waals surface area (Å²) in [4.78, 5) is 3.95. The first-order chi connectivity index (χ1) is 5.88. The molecule has 0 atom stereocenters. The van der Waals surface area contributed by atoms with Gasteiger partial charge in [0.1, 0.15) is 4.60 Å². The topological polar surface area (TPSA) is 59.1 Å². The van der Waals surface area contributed by atoms with Crippen LogP contribution in [0.5, 0.6) is 0 Å². The Morgan fingerprint density at radius 3 is 2.69 bits per heavy atom. The Hall–Kier alpha value is -0.620. The van der Waals surface area contributed by atoms with Crippen LogP contribution in [0.15, 0.2) is 16.9 Å². The van der Waals surface area contributed by atoms with Gasteiger partial charge in [-0.2, -0.15) is 0 Å². The molecule has 1 rings (SSSR count). The smallest absolute Gasteiger partial charge is 0.229 e. The Morgan fingerprint density at radius 2 is 2.15 bits per heavy atom. The van der Waals surface area contributed by atoms with Gasteiger partial charge in [-0.1, -0.05) is 0 Å². The standard InChI is InChI=1S/C7H9BrN2O2S/c1-5-4-9-7(8)3-6(5)10-13(2,11)12/h3-4H,1-2H3,(H,9,10). The van der Waals surface area contributed by atoms with Gasteiger partial charge < -0.3 is 0 Å². The highest BCUT2D eigenvalue weighted by atomic mass is 79.9. The molecule has 6 heteroatoms. The monoisotopic (exact) mass is 264 g/mol. The van der Waals surface area contributed by atoms with Crippen molar-refractivity contribution >= 4 is 31.6 Å². The number of rotatable bonds is 2. The van der Waals surface area contributed by atoms with E-state index in [0.29, 0.717) is 10.3 Å². The number of hydrogen-bond acceptors (Lipinski definition) is 3. The third-order valence-corrected chi connectivity index (χ3v) is 2.39. The van der Waals surface area contributed by atoms with Crippen LogP contribution in [-0.2, 0) is 10.0 Å². The van der Waals surface area contributed by atoms with Gasteiger partial charge in [0.05, 0.1) is 11.9 Å². The molecule has 0 spiro atoms. The number of pyridine rings is 1. The van der Waals surface area contributed by atoms with Crippen molar-refractivity contribution in [2.75, 3.05) is 11.0 Å². The van der Waals surface area contributed by atoms with Crippen molar-refractivity contribution in [3.05, 3.63) is 22.4 Å². The fraction of sp³-hybridized carbons (Fsp3) is 0.286. The van der Waals surface area contributed by atoms with E-state index in [1.807, 2.05) is 0 Å². The summed E-state index contributed by atoms with van der Waals surface area (Å²) >= 11 is 3.16. The van der Waals surface area contributed by atoms with E-state index in [9.17, 15) is 8.42 Å². The summed E-state index contributed by atoms with van der Waals surface area (Å²) in [6.07, 6.45) is 2.71. The second-order valence-electron chi connectivity index (χ2n) is 2.70. The zero-order chi connectivity index (χ0) is 10.1. The Bertz CT molecular complexity index is 417. The van der Waals surface area contributed by atoms with Gasteiger partial charge in [0, 0.05) is 6.20 Å². The number of hydrogen-bond donors (Lipinski definition) is 1. The minimum absolute atomic E-state index is 0.546. The molecule has 0 aliphatic rings. The highest BCUT2D eigenvalue weighted by molar-refractivity contribution is 9.10. The number of sulfonamides is 1. The number of nitrogens with one attached hydrogen (secondary N) is 1. The van der Waals surface area contributed by atoms with E-state index in [1.54, 1.807) is 19.2 Å². The highest BCUT2D eigenvalue weighted by Gasteiger charge is 2.05. The van der Waals surface area contributed by atoms with Crippen LogP contribution in [0, 0.1) is 6.92 Å². The van der Waals surface area contributed by atoms with Crippen molar-refractivity contribution in [1.29, 1.82) is 0 Å². The van der Waals surface area contributed by atoms with Gasteiger partial charge >= 0.3 is 0 Å². The predicted molar refractivity (Wildman–Crippen MR) is 55.1 cm³/mol. The largest absolute Gasteiger partial charge is 0.283 e. The van der Waals surface area contributed by atoms with Gasteiger partial charge in [0.2, 0.25) is 10.0 Å². The summed E-state index contributed by atoms with van der Waals surface area (Å²) in [6, 6.07) is 1.62. The fourth-order valence-electron chi connectivity index (χ4n) is 0.808. The number of anilines is 1. The van der Waals surface area contributed by atoms with Crippen molar-refractivity contribution in [2.45, 2.75) is 6.92 Å². The van der Waals surface area contributed by atoms with Crippen LogP contribution in [0.3, 0.4) is 0 Å². The zero-order valence-corrected chi connectivity index (χ0v) is 9.61. The molecule has 0 saturated heterocycles. The average Bonchev–Trinajstić information content (AvgIpc) is 1.94. The molecule has 0 aromatic carbocycles. The predicted octanol–water partition coefficient (Wildman–Crippen LogP) is 1.52. The van der Waals surface area contributed by atoms with Crippen molar-refractivity contribution in [3.63, 3.8) is 0 Å². The molecule has 0 saturated carbocycles. The van der Waals surface area contributed by atoms with Crippen molar-refractivity contribution in [1.82, 2.24) is 4.98 Å². The third-order valence-electron chi connectivity index (χ3n) is 1.37. The molecule has 0 bridgehead atoms.